The predicted molar refractivity (Wildman–Crippen MR) is 77.5 cm³/mol. The zero-order valence-corrected chi connectivity index (χ0v) is 12.0. The summed E-state index contributed by atoms with van der Waals surface area (Å²) >= 11 is 0. The number of aliphatic hydroxyl groups excluding tert-OH is 1. The molecule has 0 aliphatic heterocycles. The van der Waals surface area contributed by atoms with Gasteiger partial charge in [0.25, 0.3) is 0 Å². The average Bonchev–Trinajstić information content (AvgIpc) is 2.38. The monoisotopic (exact) mass is 274 g/mol. The molecule has 0 heterocycles. The molecule has 2 aromatic rings. The van der Waals surface area contributed by atoms with Crippen LogP contribution in [0.3, 0.4) is 0 Å². The molecule has 1 unspecified atom stereocenters. The molecular weight excluding hydrogens is 255 g/mol. The second kappa shape index (κ2) is 6.06. The van der Waals surface area contributed by atoms with Crippen molar-refractivity contribution in [3.8, 4) is 5.75 Å². The molecule has 0 aliphatic carbocycles. The fraction of sp³-hybridized carbons (Fsp3) is 0.294. The van der Waals surface area contributed by atoms with Gasteiger partial charge in [-0.3, -0.25) is 0 Å². The summed E-state index contributed by atoms with van der Waals surface area (Å²) in [5, 5.41) is 10.4. The molecule has 106 valence electrons. The molecule has 0 bridgehead atoms. The number of rotatable bonds is 4. The van der Waals surface area contributed by atoms with Crippen LogP contribution < -0.4 is 4.74 Å². The summed E-state index contributed by atoms with van der Waals surface area (Å²) in [5.74, 6) is -0.186. The minimum atomic E-state index is -0.635. The molecule has 0 aliphatic rings. The van der Waals surface area contributed by atoms with Gasteiger partial charge in [0, 0.05) is 6.42 Å². The molecule has 0 amide bonds. The summed E-state index contributed by atoms with van der Waals surface area (Å²) in [4.78, 5) is 0. The van der Waals surface area contributed by atoms with Crippen molar-refractivity contribution in [2.24, 2.45) is 0 Å². The van der Waals surface area contributed by atoms with Crippen molar-refractivity contribution in [3.05, 3.63) is 64.5 Å². The first-order chi connectivity index (χ1) is 9.52. The summed E-state index contributed by atoms with van der Waals surface area (Å²) in [6, 6.07) is 10.7. The summed E-state index contributed by atoms with van der Waals surface area (Å²) in [7, 11) is 1.43. The Labute approximate surface area is 118 Å². The van der Waals surface area contributed by atoms with E-state index in [4.69, 9.17) is 4.74 Å². The molecule has 1 atom stereocenters. The maximum atomic E-state index is 13.7. The smallest absolute Gasteiger partial charge is 0.165 e. The van der Waals surface area contributed by atoms with Gasteiger partial charge in [-0.2, -0.15) is 0 Å². The van der Waals surface area contributed by atoms with Crippen molar-refractivity contribution in [1.29, 1.82) is 0 Å². The second-order valence-corrected chi connectivity index (χ2v) is 4.99. The Balaban J connectivity index is 2.23. The first kappa shape index (κ1) is 14.5. The summed E-state index contributed by atoms with van der Waals surface area (Å²) in [6.45, 7) is 3.94. The van der Waals surface area contributed by atoms with Crippen LogP contribution in [0.15, 0.2) is 36.4 Å². The zero-order valence-electron chi connectivity index (χ0n) is 12.0. The maximum Gasteiger partial charge on any atom is 0.165 e. The minimum absolute atomic E-state index is 0.218. The third kappa shape index (κ3) is 2.99. The van der Waals surface area contributed by atoms with Crippen LogP contribution >= 0.6 is 0 Å². The Morgan fingerprint density at radius 3 is 2.35 bits per heavy atom. The first-order valence-electron chi connectivity index (χ1n) is 6.59. The van der Waals surface area contributed by atoms with Gasteiger partial charge in [0.15, 0.2) is 11.6 Å². The van der Waals surface area contributed by atoms with Crippen molar-refractivity contribution >= 4 is 0 Å². The fourth-order valence-corrected chi connectivity index (χ4v) is 2.52. The topological polar surface area (TPSA) is 29.5 Å². The number of aliphatic hydroxyl groups is 1. The number of aryl methyl sites for hydroxylation is 2. The molecule has 2 aromatic carbocycles. The van der Waals surface area contributed by atoms with E-state index in [-0.39, 0.29) is 5.75 Å². The van der Waals surface area contributed by atoms with E-state index in [1.165, 1.54) is 13.2 Å². The number of benzene rings is 2. The van der Waals surface area contributed by atoms with Crippen molar-refractivity contribution in [2.45, 2.75) is 26.4 Å². The fourth-order valence-electron chi connectivity index (χ4n) is 2.52. The lowest BCUT2D eigenvalue weighted by molar-refractivity contribution is 0.177. The third-order valence-corrected chi connectivity index (χ3v) is 3.52. The molecule has 2 rings (SSSR count). The number of ether oxygens (including phenoxy) is 1. The van der Waals surface area contributed by atoms with Crippen molar-refractivity contribution in [3.63, 3.8) is 0 Å². The molecule has 20 heavy (non-hydrogen) atoms. The van der Waals surface area contributed by atoms with E-state index in [0.29, 0.717) is 6.42 Å². The molecule has 0 aromatic heterocycles. The highest BCUT2D eigenvalue weighted by Crippen LogP contribution is 2.26. The Bertz CT molecular complexity index is 588. The highest BCUT2D eigenvalue weighted by molar-refractivity contribution is 5.37. The lowest BCUT2D eigenvalue weighted by Gasteiger charge is -2.17. The number of methoxy groups -OCH3 is 1. The molecule has 3 heteroatoms. The molecule has 0 fully saturated rings. The maximum absolute atomic E-state index is 13.7. The summed E-state index contributed by atoms with van der Waals surface area (Å²) in [6.07, 6.45) is -0.254. The number of hydrogen-bond acceptors (Lipinski definition) is 2. The van der Waals surface area contributed by atoms with Gasteiger partial charge in [0.1, 0.15) is 0 Å². The SMILES string of the molecule is COc1ccc(CC(O)c2c(C)cccc2C)cc1F. The Morgan fingerprint density at radius 2 is 1.80 bits per heavy atom. The zero-order chi connectivity index (χ0) is 14.7. The van der Waals surface area contributed by atoms with Crippen LogP contribution in [-0.4, -0.2) is 12.2 Å². The quantitative estimate of drug-likeness (QED) is 0.920. The van der Waals surface area contributed by atoms with Gasteiger partial charge in [-0.15, -0.1) is 0 Å². The molecule has 2 nitrogen and oxygen atoms in total. The van der Waals surface area contributed by atoms with Crippen LogP contribution in [0, 0.1) is 19.7 Å². The minimum Gasteiger partial charge on any atom is -0.494 e. The van der Waals surface area contributed by atoms with Crippen molar-refractivity contribution in [1.82, 2.24) is 0 Å². The van der Waals surface area contributed by atoms with E-state index in [9.17, 15) is 9.50 Å². The molecule has 0 spiro atoms. The van der Waals surface area contributed by atoms with Crippen LogP contribution in [0.4, 0.5) is 4.39 Å². The molecular formula is C17H19FO2. The van der Waals surface area contributed by atoms with E-state index >= 15 is 0 Å². The molecule has 1 N–H and O–H groups in total. The largest absolute Gasteiger partial charge is 0.494 e. The standard InChI is InChI=1S/C17H19FO2/c1-11-5-4-6-12(2)17(11)15(19)10-13-7-8-16(20-3)14(18)9-13/h4-9,15,19H,10H2,1-3H3. The highest BCUT2D eigenvalue weighted by atomic mass is 19.1. The molecule has 0 radical (unpaired) electrons. The van der Waals surface area contributed by atoms with Gasteiger partial charge < -0.3 is 9.84 Å². The van der Waals surface area contributed by atoms with E-state index in [1.54, 1.807) is 12.1 Å². The Morgan fingerprint density at radius 1 is 1.15 bits per heavy atom. The molecule has 0 saturated heterocycles. The normalized spacial score (nSPS) is 12.2. The van der Waals surface area contributed by atoms with Crippen LogP contribution in [0.2, 0.25) is 0 Å². The first-order valence-corrected chi connectivity index (χ1v) is 6.59. The van der Waals surface area contributed by atoms with Crippen LogP contribution in [0.5, 0.6) is 5.75 Å². The number of hydrogen-bond donors (Lipinski definition) is 1. The Hall–Kier alpha value is -1.87. The lowest BCUT2D eigenvalue weighted by Crippen LogP contribution is -2.06. The van der Waals surface area contributed by atoms with Gasteiger partial charge in [-0.1, -0.05) is 24.3 Å². The van der Waals surface area contributed by atoms with Crippen LogP contribution in [0.1, 0.15) is 28.4 Å². The van der Waals surface area contributed by atoms with Gasteiger partial charge in [-0.05, 0) is 48.2 Å². The van der Waals surface area contributed by atoms with Crippen molar-refractivity contribution < 1.29 is 14.2 Å². The van der Waals surface area contributed by atoms with E-state index in [2.05, 4.69) is 0 Å². The summed E-state index contributed by atoms with van der Waals surface area (Å²) < 4.78 is 18.5. The highest BCUT2D eigenvalue weighted by Gasteiger charge is 2.14. The van der Waals surface area contributed by atoms with Crippen molar-refractivity contribution in [2.75, 3.05) is 7.11 Å². The lowest BCUT2D eigenvalue weighted by atomic mass is 9.94. The van der Waals surface area contributed by atoms with Gasteiger partial charge in [-0.25, -0.2) is 4.39 Å². The second-order valence-electron chi connectivity index (χ2n) is 4.99. The predicted octanol–water partition coefficient (Wildman–Crippen LogP) is 3.73. The van der Waals surface area contributed by atoms with E-state index < -0.39 is 11.9 Å². The van der Waals surface area contributed by atoms with E-state index in [1.807, 2.05) is 32.0 Å². The summed E-state index contributed by atoms with van der Waals surface area (Å²) in [5.41, 5.74) is 3.76. The van der Waals surface area contributed by atoms with Gasteiger partial charge >= 0.3 is 0 Å². The molecule has 0 saturated carbocycles. The Kier molecular flexibility index (Phi) is 4.40. The average molecular weight is 274 g/mol. The third-order valence-electron chi connectivity index (χ3n) is 3.52. The van der Waals surface area contributed by atoms with E-state index in [0.717, 1.165) is 22.3 Å². The van der Waals surface area contributed by atoms with Gasteiger partial charge in [0.2, 0.25) is 0 Å². The van der Waals surface area contributed by atoms with Crippen LogP contribution in [-0.2, 0) is 6.42 Å². The van der Waals surface area contributed by atoms with Crippen LogP contribution in [0.25, 0.3) is 0 Å². The number of halogens is 1. The van der Waals surface area contributed by atoms with Gasteiger partial charge in [0.05, 0.1) is 13.2 Å².